The molecule has 0 aliphatic heterocycles. The first-order valence-corrected chi connectivity index (χ1v) is 6.05. The summed E-state index contributed by atoms with van der Waals surface area (Å²) >= 11 is 1.60. The van der Waals surface area contributed by atoms with Gasteiger partial charge in [-0.05, 0) is 18.6 Å². The van der Waals surface area contributed by atoms with Crippen LogP contribution in [-0.4, -0.2) is 25.2 Å². The third-order valence-corrected chi connectivity index (χ3v) is 3.18. The van der Waals surface area contributed by atoms with Gasteiger partial charge >= 0.3 is 0 Å². The maximum Gasteiger partial charge on any atom is 0.106 e. The molecule has 0 saturated heterocycles. The largest absolute Gasteiger partial charge is 0.395 e. The quantitative estimate of drug-likeness (QED) is 0.619. The van der Waals surface area contributed by atoms with E-state index in [0.717, 1.165) is 41.2 Å². The van der Waals surface area contributed by atoms with Crippen molar-refractivity contribution in [3.05, 3.63) is 17.6 Å². The van der Waals surface area contributed by atoms with Gasteiger partial charge in [0, 0.05) is 20.3 Å². The standard InChI is InChI=1S/C11H15N3OS/c1-15-6-2-5-13-8-3-4-9-11(10(8)12)14-7-16-9/h3-4,7,13H,2,5-6,12H2,1H3. The van der Waals surface area contributed by atoms with Crippen molar-refractivity contribution in [1.29, 1.82) is 0 Å². The van der Waals surface area contributed by atoms with Crippen molar-refractivity contribution >= 4 is 32.9 Å². The fourth-order valence-electron chi connectivity index (χ4n) is 1.55. The van der Waals surface area contributed by atoms with Crippen LogP contribution < -0.4 is 11.1 Å². The molecule has 0 amide bonds. The lowest BCUT2D eigenvalue weighted by atomic mass is 10.2. The summed E-state index contributed by atoms with van der Waals surface area (Å²) in [6, 6.07) is 4.05. The number of rotatable bonds is 5. The zero-order valence-corrected chi connectivity index (χ0v) is 10.0. The predicted molar refractivity (Wildman–Crippen MR) is 69.0 cm³/mol. The van der Waals surface area contributed by atoms with Gasteiger partial charge in [0.05, 0.1) is 21.6 Å². The summed E-state index contributed by atoms with van der Waals surface area (Å²) < 4.78 is 6.11. The Morgan fingerprint density at radius 3 is 3.19 bits per heavy atom. The second kappa shape index (κ2) is 5.14. The van der Waals surface area contributed by atoms with Crippen molar-refractivity contribution in [2.24, 2.45) is 0 Å². The third-order valence-electron chi connectivity index (χ3n) is 2.38. The van der Waals surface area contributed by atoms with Gasteiger partial charge in [0.25, 0.3) is 0 Å². The average molecular weight is 237 g/mol. The Hall–Kier alpha value is -1.33. The highest BCUT2D eigenvalue weighted by molar-refractivity contribution is 7.16. The van der Waals surface area contributed by atoms with E-state index >= 15 is 0 Å². The molecular weight excluding hydrogens is 222 g/mol. The molecule has 0 radical (unpaired) electrons. The van der Waals surface area contributed by atoms with Crippen molar-refractivity contribution in [3.8, 4) is 0 Å². The minimum atomic E-state index is 0.733. The number of ether oxygens (including phenoxy) is 1. The summed E-state index contributed by atoms with van der Waals surface area (Å²) in [7, 11) is 1.70. The molecule has 0 saturated carbocycles. The lowest BCUT2D eigenvalue weighted by Gasteiger charge is -2.09. The average Bonchev–Trinajstić information content (AvgIpc) is 2.76. The number of thiazole rings is 1. The van der Waals surface area contributed by atoms with E-state index in [2.05, 4.69) is 10.3 Å². The third kappa shape index (κ3) is 2.25. The number of aromatic nitrogens is 1. The highest BCUT2D eigenvalue weighted by Crippen LogP contribution is 2.29. The highest BCUT2D eigenvalue weighted by atomic mass is 32.1. The van der Waals surface area contributed by atoms with Gasteiger partial charge in [0.15, 0.2) is 0 Å². The molecular formula is C11H15N3OS. The highest BCUT2D eigenvalue weighted by Gasteiger charge is 2.05. The number of fused-ring (bicyclic) bond motifs is 1. The van der Waals surface area contributed by atoms with E-state index in [-0.39, 0.29) is 0 Å². The molecule has 0 aliphatic rings. The van der Waals surface area contributed by atoms with E-state index in [4.69, 9.17) is 10.5 Å². The Labute approximate surface area is 98.4 Å². The lowest BCUT2D eigenvalue weighted by molar-refractivity contribution is 0.198. The summed E-state index contributed by atoms with van der Waals surface area (Å²) in [5.41, 5.74) is 10.4. The molecule has 86 valence electrons. The van der Waals surface area contributed by atoms with Crippen LogP contribution in [0.25, 0.3) is 10.2 Å². The van der Waals surface area contributed by atoms with Crippen molar-refractivity contribution in [1.82, 2.24) is 4.98 Å². The number of nitrogens with zero attached hydrogens (tertiary/aromatic N) is 1. The van der Waals surface area contributed by atoms with Crippen molar-refractivity contribution in [2.45, 2.75) is 6.42 Å². The Morgan fingerprint density at radius 2 is 2.38 bits per heavy atom. The van der Waals surface area contributed by atoms with Crippen molar-refractivity contribution in [3.63, 3.8) is 0 Å². The minimum absolute atomic E-state index is 0.733. The Balaban J connectivity index is 2.09. The number of anilines is 2. The van der Waals surface area contributed by atoms with Gasteiger partial charge < -0.3 is 15.8 Å². The molecule has 0 fully saturated rings. The van der Waals surface area contributed by atoms with Gasteiger partial charge in [0.2, 0.25) is 0 Å². The zero-order chi connectivity index (χ0) is 11.4. The second-order valence-electron chi connectivity index (χ2n) is 3.50. The van der Waals surface area contributed by atoms with Crippen LogP contribution in [0.15, 0.2) is 17.6 Å². The molecule has 0 unspecified atom stereocenters. The first kappa shape index (κ1) is 11.2. The number of nitrogen functional groups attached to an aromatic ring is 1. The van der Waals surface area contributed by atoms with Gasteiger partial charge in [-0.2, -0.15) is 0 Å². The number of methoxy groups -OCH3 is 1. The fourth-order valence-corrected chi connectivity index (χ4v) is 2.24. The van der Waals surface area contributed by atoms with Gasteiger partial charge in [-0.1, -0.05) is 0 Å². The smallest absolute Gasteiger partial charge is 0.106 e. The Bertz CT molecular complexity index is 469. The summed E-state index contributed by atoms with van der Waals surface area (Å²) in [6.07, 6.45) is 0.963. The van der Waals surface area contributed by atoms with E-state index < -0.39 is 0 Å². The molecule has 16 heavy (non-hydrogen) atoms. The topological polar surface area (TPSA) is 60.2 Å². The van der Waals surface area contributed by atoms with E-state index in [1.54, 1.807) is 18.4 Å². The van der Waals surface area contributed by atoms with Gasteiger partial charge in [0.1, 0.15) is 5.52 Å². The summed E-state index contributed by atoms with van der Waals surface area (Å²) in [4.78, 5) is 4.25. The number of hydrogen-bond donors (Lipinski definition) is 2. The number of hydrogen-bond acceptors (Lipinski definition) is 5. The van der Waals surface area contributed by atoms with Crippen LogP contribution in [0.3, 0.4) is 0 Å². The van der Waals surface area contributed by atoms with E-state index in [0.29, 0.717) is 0 Å². The second-order valence-corrected chi connectivity index (χ2v) is 4.39. The van der Waals surface area contributed by atoms with Crippen LogP contribution in [0.2, 0.25) is 0 Å². The molecule has 0 atom stereocenters. The molecule has 4 nitrogen and oxygen atoms in total. The number of nitrogens with two attached hydrogens (primary N) is 1. The molecule has 0 aliphatic carbocycles. The maximum absolute atomic E-state index is 6.03. The predicted octanol–water partition coefficient (Wildman–Crippen LogP) is 2.33. The van der Waals surface area contributed by atoms with Crippen LogP contribution in [0, 0.1) is 0 Å². The summed E-state index contributed by atoms with van der Waals surface area (Å²) in [6.45, 7) is 1.61. The number of benzene rings is 1. The van der Waals surface area contributed by atoms with Crippen LogP contribution in [0.4, 0.5) is 11.4 Å². The van der Waals surface area contributed by atoms with Crippen molar-refractivity contribution in [2.75, 3.05) is 31.3 Å². The SMILES string of the molecule is COCCCNc1ccc2scnc2c1N. The lowest BCUT2D eigenvalue weighted by Crippen LogP contribution is -2.06. The minimum Gasteiger partial charge on any atom is -0.395 e. The fraction of sp³-hybridized carbons (Fsp3) is 0.364. The van der Waals surface area contributed by atoms with Crippen LogP contribution in [-0.2, 0) is 4.74 Å². The molecule has 2 rings (SSSR count). The van der Waals surface area contributed by atoms with Gasteiger partial charge in [-0.15, -0.1) is 11.3 Å². The Morgan fingerprint density at radius 1 is 1.50 bits per heavy atom. The van der Waals surface area contributed by atoms with Crippen LogP contribution in [0.1, 0.15) is 6.42 Å². The number of nitrogens with one attached hydrogen (secondary N) is 1. The summed E-state index contributed by atoms with van der Waals surface area (Å²) in [5.74, 6) is 0. The molecule has 0 bridgehead atoms. The summed E-state index contributed by atoms with van der Waals surface area (Å²) in [5, 5.41) is 3.29. The first-order valence-electron chi connectivity index (χ1n) is 5.17. The molecule has 3 N–H and O–H groups in total. The zero-order valence-electron chi connectivity index (χ0n) is 9.19. The molecule has 2 aromatic rings. The molecule has 1 aromatic heterocycles. The van der Waals surface area contributed by atoms with Crippen molar-refractivity contribution < 1.29 is 4.74 Å². The van der Waals surface area contributed by atoms with Crippen LogP contribution >= 0.6 is 11.3 Å². The molecule has 1 heterocycles. The van der Waals surface area contributed by atoms with Crippen LogP contribution in [0.5, 0.6) is 0 Å². The van der Waals surface area contributed by atoms with E-state index in [9.17, 15) is 0 Å². The van der Waals surface area contributed by atoms with Gasteiger partial charge in [-0.25, -0.2) is 4.98 Å². The Kier molecular flexibility index (Phi) is 3.58. The molecule has 1 aromatic carbocycles. The molecule has 5 heteroatoms. The maximum atomic E-state index is 6.03. The first-order chi connectivity index (χ1) is 7.83. The molecule has 0 spiro atoms. The van der Waals surface area contributed by atoms with E-state index in [1.165, 1.54) is 0 Å². The normalized spacial score (nSPS) is 10.8. The van der Waals surface area contributed by atoms with E-state index in [1.807, 2.05) is 17.6 Å². The van der Waals surface area contributed by atoms with Gasteiger partial charge in [-0.3, -0.25) is 0 Å². The monoisotopic (exact) mass is 237 g/mol.